The Morgan fingerprint density at radius 1 is 1.38 bits per heavy atom. The van der Waals surface area contributed by atoms with Crippen LogP contribution in [0, 0.1) is 0 Å². The van der Waals surface area contributed by atoms with Crippen molar-refractivity contribution in [1.82, 2.24) is 19.9 Å². The molecule has 126 valence electrons. The number of amides is 1. The molecule has 0 saturated heterocycles. The lowest BCUT2D eigenvalue weighted by Gasteiger charge is -2.30. The molecule has 1 atom stereocenters. The summed E-state index contributed by atoms with van der Waals surface area (Å²) in [4.78, 5) is 33.3. The first-order chi connectivity index (χ1) is 11.5. The van der Waals surface area contributed by atoms with Crippen LogP contribution in [0.15, 0.2) is 29.5 Å². The first-order valence-corrected chi connectivity index (χ1v) is 8.21. The summed E-state index contributed by atoms with van der Waals surface area (Å²) in [7, 11) is 0. The minimum Gasteiger partial charge on any atom is -0.336 e. The van der Waals surface area contributed by atoms with Gasteiger partial charge in [0.2, 0.25) is 0 Å². The SMILES string of the molecule is CCCC1(CC)NC(=O)c2c(Cl)cc(Nc3ccncn3)c(=O)n21. The number of hydrogen-bond donors (Lipinski definition) is 2. The van der Waals surface area contributed by atoms with Gasteiger partial charge in [0.05, 0.1) is 5.02 Å². The van der Waals surface area contributed by atoms with E-state index in [4.69, 9.17) is 11.6 Å². The third kappa shape index (κ3) is 2.54. The Hall–Kier alpha value is -2.41. The van der Waals surface area contributed by atoms with Gasteiger partial charge in [-0.05, 0) is 25.0 Å². The molecule has 1 aliphatic heterocycles. The molecule has 0 spiro atoms. The molecule has 2 aromatic heterocycles. The molecule has 1 unspecified atom stereocenters. The fourth-order valence-electron chi connectivity index (χ4n) is 3.13. The van der Waals surface area contributed by atoms with Crippen molar-refractivity contribution in [3.8, 4) is 0 Å². The summed E-state index contributed by atoms with van der Waals surface area (Å²) in [6.07, 6.45) is 5.01. The third-order valence-electron chi connectivity index (χ3n) is 4.24. The summed E-state index contributed by atoms with van der Waals surface area (Å²) in [5, 5.41) is 6.13. The molecule has 7 nitrogen and oxygen atoms in total. The van der Waals surface area contributed by atoms with E-state index in [-0.39, 0.29) is 27.9 Å². The summed E-state index contributed by atoms with van der Waals surface area (Å²) >= 11 is 6.30. The number of fused-ring (bicyclic) bond motifs is 1. The van der Waals surface area contributed by atoms with Crippen molar-refractivity contribution in [2.24, 2.45) is 0 Å². The molecule has 2 N–H and O–H groups in total. The van der Waals surface area contributed by atoms with Crippen molar-refractivity contribution < 1.29 is 4.79 Å². The number of hydrogen-bond acceptors (Lipinski definition) is 5. The zero-order chi connectivity index (χ0) is 17.3. The number of anilines is 2. The molecule has 0 aliphatic carbocycles. The van der Waals surface area contributed by atoms with Crippen LogP contribution in [0.5, 0.6) is 0 Å². The van der Waals surface area contributed by atoms with E-state index in [1.807, 2.05) is 13.8 Å². The standard InChI is InChI=1S/C16H18ClN5O2/c1-3-6-16(4-2)21-14(23)13-10(17)8-11(15(24)22(13)16)20-12-5-7-18-9-19-12/h5,7-9H,3-4,6H2,1-2H3,(H,21,23)(H,18,19,20). The van der Waals surface area contributed by atoms with Gasteiger partial charge < -0.3 is 10.6 Å². The van der Waals surface area contributed by atoms with Crippen molar-refractivity contribution in [2.45, 2.75) is 38.8 Å². The van der Waals surface area contributed by atoms with E-state index < -0.39 is 5.66 Å². The van der Waals surface area contributed by atoms with E-state index in [2.05, 4.69) is 20.6 Å². The Balaban J connectivity index is 2.17. The van der Waals surface area contributed by atoms with Gasteiger partial charge in [-0.25, -0.2) is 9.97 Å². The minimum absolute atomic E-state index is 0.213. The first-order valence-electron chi connectivity index (χ1n) is 7.84. The molecule has 0 aromatic carbocycles. The molecule has 0 radical (unpaired) electrons. The predicted octanol–water partition coefficient (Wildman–Crippen LogP) is 2.64. The Morgan fingerprint density at radius 3 is 2.79 bits per heavy atom. The van der Waals surface area contributed by atoms with Gasteiger partial charge >= 0.3 is 0 Å². The van der Waals surface area contributed by atoms with E-state index in [1.54, 1.807) is 12.3 Å². The van der Waals surface area contributed by atoms with Gasteiger partial charge in [-0.2, -0.15) is 0 Å². The molecule has 8 heteroatoms. The molecule has 3 heterocycles. The Labute approximate surface area is 144 Å². The molecule has 24 heavy (non-hydrogen) atoms. The molecular formula is C16H18ClN5O2. The van der Waals surface area contributed by atoms with E-state index in [0.717, 1.165) is 6.42 Å². The highest BCUT2D eigenvalue weighted by Gasteiger charge is 2.43. The lowest BCUT2D eigenvalue weighted by atomic mass is 10.0. The average molecular weight is 348 g/mol. The fraction of sp³-hybridized carbons (Fsp3) is 0.375. The summed E-state index contributed by atoms with van der Waals surface area (Å²) < 4.78 is 1.49. The fourth-order valence-corrected chi connectivity index (χ4v) is 3.41. The van der Waals surface area contributed by atoms with Gasteiger partial charge in [-0.1, -0.05) is 31.9 Å². The highest BCUT2D eigenvalue weighted by atomic mass is 35.5. The van der Waals surface area contributed by atoms with Crippen molar-refractivity contribution in [3.05, 3.63) is 45.7 Å². The second-order valence-electron chi connectivity index (χ2n) is 5.70. The number of pyridine rings is 1. The molecular weight excluding hydrogens is 330 g/mol. The zero-order valence-electron chi connectivity index (χ0n) is 13.5. The van der Waals surface area contributed by atoms with Crippen LogP contribution in [0.25, 0.3) is 0 Å². The van der Waals surface area contributed by atoms with Gasteiger partial charge in [-0.15, -0.1) is 0 Å². The minimum atomic E-state index is -0.745. The van der Waals surface area contributed by atoms with E-state index in [1.165, 1.54) is 17.0 Å². The highest BCUT2D eigenvalue weighted by molar-refractivity contribution is 6.34. The number of halogens is 1. The smallest absolute Gasteiger partial charge is 0.276 e. The third-order valence-corrected chi connectivity index (χ3v) is 4.52. The molecule has 2 aromatic rings. The van der Waals surface area contributed by atoms with Crippen LogP contribution in [0.1, 0.15) is 43.6 Å². The maximum Gasteiger partial charge on any atom is 0.276 e. The molecule has 0 saturated carbocycles. The highest BCUT2D eigenvalue weighted by Crippen LogP contribution is 2.33. The van der Waals surface area contributed by atoms with Gasteiger partial charge in [0.25, 0.3) is 11.5 Å². The number of nitrogens with one attached hydrogen (secondary N) is 2. The maximum atomic E-state index is 13.0. The van der Waals surface area contributed by atoms with Crippen LogP contribution in [0.3, 0.4) is 0 Å². The van der Waals surface area contributed by atoms with E-state index in [9.17, 15) is 9.59 Å². The van der Waals surface area contributed by atoms with Gasteiger partial charge in [0.1, 0.15) is 29.2 Å². The van der Waals surface area contributed by atoms with Gasteiger partial charge in [-0.3, -0.25) is 14.2 Å². The lowest BCUT2D eigenvalue weighted by Crippen LogP contribution is -2.47. The molecule has 1 aliphatic rings. The molecule has 0 bridgehead atoms. The largest absolute Gasteiger partial charge is 0.336 e. The number of aromatic nitrogens is 3. The monoisotopic (exact) mass is 347 g/mol. The maximum absolute atomic E-state index is 13.0. The van der Waals surface area contributed by atoms with Crippen LogP contribution in [-0.2, 0) is 5.66 Å². The molecule has 1 amide bonds. The lowest BCUT2D eigenvalue weighted by molar-refractivity contribution is 0.0905. The summed E-state index contributed by atoms with van der Waals surface area (Å²) in [5.74, 6) is 0.162. The van der Waals surface area contributed by atoms with Crippen LogP contribution in [-0.4, -0.2) is 20.4 Å². The summed E-state index contributed by atoms with van der Waals surface area (Å²) in [5.41, 5.74) is -0.564. The first kappa shape index (κ1) is 16.4. The summed E-state index contributed by atoms with van der Waals surface area (Å²) in [6, 6.07) is 3.11. The van der Waals surface area contributed by atoms with Gasteiger partial charge in [0.15, 0.2) is 0 Å². The normalized spacial score (nSPS) is 19.0. The number of nitrogens with zero attached hydrogens (tertiary/aromatic N) is 3. The van der Waals surface area contributed by atoms with Crippen LogP contribution in [0.4, 0.5) is 11.5 Å². The second kappa shape index (κ2) is 6.24. The van der Waals surface area contributed by atoms with E-state index in [0.29, 0.717) is 18.7 Å². The zero-order valence-corrected chi connectivity index (χ0v) is 14.2. The van der Waals surface area contributed by atoms with Crippen molar-refractivity contribution >= 4 is 29.0 Å². The van der Waals surface area contributed by atoms with Crippen LogP contribution in [0.2, 0.25) is 5.02 Å². The Bertz CT molecular complexity index is 836. The topological polar surface area (TPSA) is 88.9 Å². The summed E-state index contributed by atoms with van der Waals surface area (Å²) in [6.45, 7) is 3.95. The van der Waals surface area contributed by atoms with E-state index >= 15 is 0 Å². The predicted molar refractivity (Wildman–Crippen MR) is 91.7 cm³/mol. The Morgan fingerprint density at radius 2 is 2.17 bits per heavy atom. The van der Waals surface area contributed by atoms with Crippen molar-refractivity contribution in [1.29, 1.82) is 0 Å². The molecule has 3 rings (SSSR count). The average Bonchev–Trinajstić information content (AvgIpc) is 2.87. The number of carbonyl (C=O) groups is 1. The molecule has 0 fully saturated rings. The van der Waals surface area contributed by atoms with Crippen molar-refractivity contribution in [2.75, 3.05) is 5.32 Å². The second-order valence-corrected chi connectivity index (χ2v) is 6.11. The van der Waals surface area contributed by atoms with Gasteiger partial charge in [0, 0.05) is 6.20 Å². The number of carbonyl (C=O) groups excluding carboxylic acids is 1. The quantitative estimate of drug-likeness (QED) is 0.868. The van der Waals surface area contributed by atoms with Crippen LogP contribution >= 0.6 is 11.6 Å². The Kier molecular flexibility index (Phi) is 4.28. The van der Waals surface area contributed by atoms with Crippen LogP contribution < -0.4 is 16.2 Å². The number of rotatable bonds is 5. The van der Waals surface area contributed by atoms with Crippen molar-refractivity contribution in [3.63, 3.8) is 0 Å².